The third-order valence-electron chi connectivity index (χ3n) is 2.30. The normalized spacial score (nSPS) is 20.9. The van der Waals surface area contributed by atoms with Crippen LogP contribution < -0.4 is 0 Å². The summed E-state index contributed by atoms with van der Waals surface area (Å²) in [5, 5.41) is 8.24. The number of nitrogens with zero attached hydrogens (tertiary/aromatic N) is 3. The Bertz CT molecular complexity index is 209. The maximum absolute atomic E-state index is 4.27. The van der Waals surface area contributed by atoms with Crippen LogP contribution in [0, 0.1) is 5.92 Å². The highest BCUT2D eigenvalue weighted by molar-refractivity contribution is 4.88. The Morgan fingerprint density at radius 3 is 2.86 bits per heavy atom. The first kappa shape index (κ1) is 11.2. The molecule has 1 atom stereocenters. The highest BCUT2D eigenvalue weighted by Gasteiger charge is 2.16. The summed E-state index contributed by atoms with van der Waals surface area (Å²) in [6.07, 6.45) is 7.70. The van der Waals surface area contributed by atoms with Gasteiger partial charge >= 0.3 is 0 Å². The van der Waals surface area contributed by atoms with Gasteiger partial charge in [0.15, 0.2) is 0 Å². The van der Waals surface area contributed by atoms with Crippen LogP contribution in [-0.4, -0.2) is 17.6 Å². The third-order valence-corrected chi connectivity index (χ3v) is 2.30. The summed E-state index contributed by atoms with van der Waals surface area (Å²) in [6.45, 7) is 7.75. The van der Waals surface area contributed by atoms with Crippen molar-refractivity contribution in [1.82, 2.24) is 4.90 Å². The van der Waals surface area contributed by atoms with Crippen molar-refractivity contribution in [2.45, 2.75) is 46.2 Å². The zero-order chi connectivity index (χ0) is 10.4. The summed E-state index contributed by atoms with van der Waals surface area (Å²) in [7, 11) is 0. The largest absolute Gasteiger partial charge is 0.353 e. The third kappa shape index (κ3) is 3.48. The van der Waals surface area contributed by atoms with Gasteiger partial charge < -0.3 is 4.90 Å². The Balaban J connectivity index is 2.44. The molecule has 80 valence electrons. The molecule has 0 fully saturated rings. The molecule has 1 aliphatic heterocycles. The molecule has 0 aliphatic carbocycles. The quantitative estimate of drug-likeness (QED) is 0.660. The topological polar surface area (TPSA) is 28.0 Å². The predicted molar refractivity (Wildman–Crippen MR) is 58.9 cm³/mol. The van der Waals surface area contributed by atoms with Crippen LogP contribution in [0.1, 0.15) is 40.0 Å². The summed E-state index contributed by atoms with van der Waals surface area (Å²) in [5.41, 5.74) is 0. The van der Waals surface area contributed by atoms with Crippen LogP contribution in [0.5, 0.6) is 0 Å². The highest BCUT2D eigenvalue weighted by Crippen LogP contribution is 2.16. The molecule has 0 aromatic rings. The molecule has 0 saturated carbocycles. The predicted octanol–water partition coefficient (Wildman–Crippen LogP) is 3.40. The van der Waals surface area contributed by atoms with Gasteiger partial charge in [0.25, 0.3) is 0 Å². The summed E-state index contributed by atoms with van der Waals surface area (Å²) in [5.74, 6) is 0.678. The van der Waals surface area contributed by atoms with Gasteiger partial charge in [-0.2, -0.15) is 10.2 Å². The van der Waals surface area contributed by atoms with Crippen LogP contribution in [-0.2, 0) is 0 Å². The van der Waals surface area contributed by atoms with Crippen molar-refractivity contribution in [2.24, 2.45) is 16.1 Å². The molecular formula is C11H21N3. The monoisotopic (exact) mass is 195 g/mol. The second kappa shape index (κ2) is 5.78. The summed E-state index contributed by atoms with van der Waals surface area (Å²) >= 11 is 0. The molecule has 14 heavy (non-hydrogen) atoms. The van der Waals surface area contributed by atoms with Crippen LogP contribution >= 0.6 is 0 Å². The average Bonchev–Trinajstić information content (AvgIpc) is 2.16. The fourth-order valence-corrected chi connectivity index (χ4v) is 1.61. The molecule has 0 N–H and O–H groups in total. The first-order chi connectivity index (χ1) is 6.74. The molecule has 0 aromatic carbocycles. The van der Waals surface area contributed by atoms with E-state index < -0.39 is 0 Å². The molecule has 0 amide bonds. The molecule has 0 radical (unpaired) electrons. The summed E-state index contributed by atoms with van der Waals surface area (Å²) < 4.78 is 0. The molecule has 1 rings (SSSR count). The van der Waals surface area contributed by atoms with Gasteiger partial charge in [-0.3, -0.25) is 0 Å². The number of unbranched alkanes of at least 4 members (excludes halogenated alkanes) is 1. The van der Waals surface area contributed by atoms with E-state index in [0.717, 1.165) is 13.0 Å². The van der Waals surface area contributed by atoms with Gasteiger partial charge in [0.05, 0.1) is 6.20 Å². The van der Waals surface area contributed by atoms with E-state index in [1.54, 1.807) is 6.20 Å². The lowest BCUT2D eigenvalue weighted by Crippen LogP contribution is -2.33. The van der Waals surface area contributed by atoms with Gasteiger partial charge in [-0.15, -0.1) is 0 Å². The van der Waals surface area contributed by atoms with Crippen LogP contribution in [0.4, 0.5) is 0 Å². The van der Waals surface area contributed by atoms with Crippen LogP contribution in [0.3, 0.4) is 0 Å². The van der Waals surface area contributed by atoms with Crippen molar-refractivity contribution in [3.05, 3.63) is 12.4 Å². The SMILES string of the molecule is CCCCC1N=NC=CN1CC(C)C. The highest BCUT2D eigenvalue weighted by atomic mass is 15.3. The molecule has 1 unspecified atom stereocenters. The zero-order valence-electron chi connectivity index (χ0n) is 9.48. The van der Waals surface area contributed by atoms with Crippen molar-refractivity contribution < 1.29 is 0 Å². The minimum Gasteiger partial charge on any atom is -0.353 e. The van der Waals surface area contributed by atoms with E-state index in [1.165, 1.54) is 12.8 Å². The molecule has 0 aromatic heterocycles. The smallest absolute Gasteiger partial charge is 0.142 e. The minimum atomic E-state index is 0.280. The van der Waals surface area contributed by atoms with Gasteiger partial charge in [-0.25, -0.2) is 0 Å². The zero-order valence-corrected chi connectivity index (χ0v) is 9.48. The molecule has 0 saturated heterocycles. The first-order valence-electron chi connectivity index (χ1n) is 5.56. The molecular weight excluding hydrogens is 174 g/mol. The fraction of sp³-hybridized carbons (Fsp3) is 0.818. The Kier molecular flexibility index (Phi) is 4.63. The van der Waals surface area contributed by atoms with Gasteiger partial charge in [0.1, 0.15) is 6.17 Å². The lowest BCUT2D eigenvalue weighted by Gasteiger charge is -2.29. The lowest BCUT2D eigenvalue weighted by molar-refractivity contribution is 0.225. The minimum absolute atomic E-state index is 0.280. The van der Waals surface area contributed by atoms with E-state index in [2.05, 4.69) is 42.1 Å². The maximum Gasteiger partial charge on any atom is 0.142 e. The number of rotatable bonds is 5. The number of azo groups is 1. The molecule has 3 nitrogen and oxygen atoms in total. The van der Waals surface area contributed by atoms with Gasteiger partial charge in [0.2, 0.25) is 0 Å². The van der Waals surface area contributed by atoms with Crippen molar-refractivity contribution >= 4 is 0 Å². The molecule has 1 heterocycles. The Labute approximate surface area is 86.9 Å². The van der Waals surface area contributed by atoms with Crippen LogP contribution in [0.15, 0.2) is 22.6 Å². The van der Waals surface area contributed by atoms with Crippen molar-refractivity contribution in [2.75, 3.05) is 6.54 Å². The molecule has 0 bridgehead atoms. The molecule has 0 spiro atoms. The van der Waals surface area contributed by atoms with Gasteiger partial charge in [0, 0.05) is 12.7 Å². The Morgan fingerprint density at radius 1 is 1.43 bits per heavy atom. The number of hydrogen-bond donors (Lipinski definition) is 0. The van der Waals surface area contributed by atoms with E-state index in [4.69, 9.17) is 0 Å². The second-order valence-corrected chi connectivity index (χ2v) is 4.24. The van der Waals surface area contributed by atoms with E-state index in [1.807, 2.05) is 0 Å². The number of hydrogen-bond acceptors (Lipinski definition) is 3. The van der Waals surface area contributed by atoms with Crippen molar-refractivity contribution in [3.63, 3.8) is 0 Å². The second-order valence-electron chi connectivity index (χ2n) is 4.24. The summed E-state index contributed by atoms with van der Waals surface area (Å²) in [6, 6.07) is 0. The van der Waals surface area contributed by atoms with Gasteiger partial charge in [-0.1, -0.05) is 27.2 Å². The van der Waals surface area contributed by atoms with Crippen molar-refractivity contribution in [3.8, 4) is 0 Å². The summed E-state index contributed by atoms with van der Waals surface area (Å²) in [4.78, 5) is 2.30. The van der Waals surface area contributed by atoms with E-state index in [-0.39, 0.29) is 6.17 Å². The van der Waals surface area contributed by atoms with Crippen molar-refractivity contribution in [1.29, 1.82) is 0 Å². The van der Waals surface area contributed by atoms with Crippen LogP contribution in [0.25, 0.3) is 0 Å². The Hall–Kier alpha value is -0.860. The van der Waals surface area contributed by atoms with Crippen LogP contribution in [0.2, 0.25) is 0 Å². The molecule has 3 heteroatoms. The Morgan fingerprint density at radius 2 is 2.21 bits per heavy atom. The van der Waals surface area contributed by atoms with E-state index in [0.29, 0.717) is 5.92 Å². The van der Waals surface area contributed by atoms with E-state index >= 15 is 0 Å². The maximum atomic E-state index is 4.27. The fourth-order valence-electron chi connectivity index (χ4n) is 1.61. The molecule has 1 aliphatic rings. The lowest BCUT2D eigenvalue weighted by atomic mass is 10.1. The first-order valence-corrected chi connectivity index (χ1v) is 5.56. The van der Waals surface area contributed by atoms with E-state index in [9.17, 15) is 0 Å². The standard InChI is InChI=1S/C11H21N3/c1-4-5-6-11-13-12-7-8-14(11)9-10(2)3/h7-8,10-11H,4-6,9H2,1-3H3. The van der Waals surface area contributed by atoms with Gasteiger partial charge in [-0.05, 0) is 18.8 Å². The average molecular weight is 195 g/mol.